The Morgan fingerprint density at radius 2 is 1.67 bits per heavy atom. The molecule has 0 bridgehead atoms. The van der Waals surface area contributed by atoms with E-state index in [2.05, 4.69) is 0 Å². The maximum absolute atomic E-state index is 8.51. The van der Waals surface area contributed by atoms with Gasteiger partial charge in [-0.15, -0.1) is 0 Å². The zero-order valence-corrected chi connectivity index (χ0v) is 13.1. The molecule has 21 heavy (non-hydrogen) atoms. The summed E-state index contributed by atoms with van der Waals surface area (Å²) in [5, 5.41) is 9.98. The molecule has 0 amide bonds. The molecule has 0 unspecified atom stereocenters. The lowest BCUT2D eigenvalue weighted by Crippen LogP contribution is -1.96. The van der Waals surface area contributed by atoms with E-state index < -0.39 is 0 Å². The largest absolute Gasteiger partial charge is 0.486 e. The van der Waals surface area contributed by atoms with Crippen molar-refractivity contribution in [1.29, 1.82) is 5.26 Å². The van der Waals surface area contributed by atoms with Crippen LogP contribution in [0, 0.1) is 11.3 Å². The molecule has 0 saturated carbocycles. The van der Waals surface area contributed by atoms with Crippen molar-refractivity contribution in [1.82, 2.24) is 0 Å². The van der Waals surface area contributed by atoms with Crippen molar-refractivity contribution in [2.75, 3.05) is 0 Å². The van der Waals surface area contributed by atoms with E-state index in [0.717, 1.165) is 11.1 Å². The van der Waals surface area contributed by atoms with Crippen molar-refractivity contribution in [3.63, 3.8) is 0 Å². The minimum Gasteiger partial charge on any atom is -0.486 e. The average molecular weight is 339 g/mol. The molecular formula is C16H10Cl3NO. The molecule has 0 spiro atoms. The number of ether oxygens (including phenoxy) is 1. The molecule has 106 valence electrons. The molecule has 0 saturated heterocycles. The molecule has 2 nitrogen and oxygen atoms in total. The number of nitriles is 1. The molecule has 0 aliphatic heterocycles. The lowest BCUT2D eigenvalue weighted by molar-refractivity contribution is 0.306. The van der Waals surface area contributed by atoms with Gasteiger partial charge in [0.2, 0.25) is 0 Å². The lowest BCUT2D eigenvalue weighted by Gasteiger charge is -2.11. The molecular weight excluding hydrogens is 329 g/mol. The monoisotopic (exact) mass is 337 g/mol. The van der Waals surface area contributed by atoms with E-state index in [1.807, 2.05) is 18.2 Å². The van der Waals surface area contributed by atoms with Crippen molar-refractivity contribution in [3.05, 3.63) is 68.7 Å². The van der Waals surface area contributed by atoms with Gasteiger partial charge in [-0.1, -0.05) is 46.9 Å². The number of hydrogen-bond donors (Lipinski definition) is 0. The molecule has 2 rings (SSSR count). The van der Waals surface area contributed by atoms with Crippen LogP contribution in [0.2, 0.25) is 15.1 Å². The average Bonchev–Trinajstić information content (AvgIpc) is 2.46. The zero-order valence-electron chi connectivity index (χ0n) is 10.8. The van der Waals surface area contributed by atoms with Crippen LogP contribution in [-0.4, -0.2) is 0 Å². The highest BCUT2D eigenvalue weighted by atomic mass is 35.5. The summed E-state index contributed by atoms with van der Waals surface area (Å²) in [6, 6.07) is 12.6. The first-order valence-corrected chi connectivity index (χ1v) is 7.16. The molecule has 0 aliphatic rings. The second-order valence-corrected chi connectivity index (χ2v) is 5.44. The molecule has 0 aliphatic carbocycles. The summed E-state index contributed by atoms with van der Waals surface area (Å²) in [5.41, 5.74) is 1.70. The van der Waals surface area contributed by atoms with Crippen LogP contribution >= 0.6 is 34.8 Å². The van der Waals surface area contributed by atoms with Gasteiger partial charge in [-0.2, -0.15) is 5.26 Å². The Kier molecular flexibility index (Phi) is 5.52. The fraction of sp³-hybridized carbons (Fsp3) is 0.0625. The van der Waals surface area contributed by atoms with Crippen molar-refractivity contribution >= 4 is 40.9 Å². The molecule has 2 aromatic rings. The first-order valence-electron chi connectivity index (χ1n) is 6.02. The van der Waals surface area contributed by atoms with Crippen LogP contribution < -0.4 is 4.74 Å². The Hall–Kier alpha value is -1.66. The van der Waals surface area contributed by atoms with E-state index >= 15 is 0 Å². The van der Waals surface area contributed by atoms with Gasteiger partial charge in [0.25, 0.3) is 0 Å². The quantitative estimate of drug-likeness (QED) is 0.664. The second-order valence-electron chi connectivity index (χ2n) is 4.19. The number of halogens is 3. The molecule has 5 heteroatoms. The van der Waals surface area contributed by atoms with Gasteiger partial charge in [0.05, 0.1) is 16.1 Å². The highest BCUT2D eigenvalue weighted by Gasteiger charge is 2.09. The highest BCUT2D eigenvalue weighted by molar-refractivity contribution is 6.37. The summed E-state index contributed by atoms with van der Waals surface area (Å²) in [5.74, 6) is 0.419. The zero-order chi connectivity index (χ0) is 15.2. The summed E-state index contributed by atoms with van der Waals surface area (Å²) in [6.45, 7) is 0.337. The molecule has 0 atom stereocenters. The van der Waals surface area contributed by atoms with Crippen molar-refractivity contribution in [2.24, 2.45) is 0 Å². The first kappa shape index (κ1) is 15.7. The van der Waals surface area contributed by atoms with Crippen LogP contribution in [0.15, 0.2) is 42.5 Å². The van der Waals surface area contributed by atoms with Crippen LogP contribution in [0.1, 0.15) is 11.1 Å². The number of hydrogen-bond acceptors (Lipinski definition) is 2. The van der Waals surface area contributed by atoms with Crippen LogP contribution in [-0.2, 0) is 6.61 Å². The second kappa shape index (κ2) is 7.38. The van der Waals surface area contributed by atoms with Gasteiger partial charge < -0.3 is 4.74 Å². The van der Waals surface area contributed by atoms with Gasteiger partial charge in [0, 0.05) is 11.1 Å². The fourth-order valence-electron chi connectivity index (χ4n) is 1.68. The maximum atomic E-state index is 8.51. The normalized spacial score (nSPS) is 10.6. The van der Waals surface area contributed by atoms with E-state index in [4.69, 9.17) is 44.8 Å². The third kappa shape index (κ3) is 4.41. The summed E-state index contributed by atoms with van der Waals surface area (Å²) in [6.07, 6.45) is 2.98. The topological polar surface area (TPSA) is 33.0 Å². The van der Waals surface area contributed by atoms with Crippen LogP contribution in [0.4, 0.5) is 0 Å². The van der Waals surface area contributed by atoms with Crippen LogP contribution in [0.25, 0.3) is 6.08 Å². The Morgan fingerprint density at radius 1 is 1.05 bits per heavy atom. The lowest BCUT2D eigenvalue weighted by atomic mass is 10.2. The number of allylic oxidation sites excluding steroid dienone is 1. The minimum atomic E-state index is 0.337. The minimum absolute atomic E-state index is 0.337. The number of benzene rings is 2. The number of rotatable bonds is 4. The van der Waals surface area contributed by atoms with Crippen LogP contribution in [0.5, 0.6) is 5.75 Å². The third-order valence-electron chi connectivity index (χ3n) is 2.67. The Labute approximate surface area is 138 Å². The first-order chi connectivity index (χ1) is 10.1. The molecule has 2 aromatic carbocycles. The molecule has 0 fully saturated rings. The fourth-order valence-corrected chi connectivity index (χ4v) is 2.42. The van der Waals surface area contributed by atoms with Crippen molar-refractivity contribution < 1.29 is 4.74 Å². The van der Waals surface area contributed by atoms with Crippen LogP contribution in [0.3, 0.4) is 0 Å². The van der Waals surface area contributed by atoms with Gasteiger partial charge in [-0.05, 0) is 41.5 Å². The van der Waals surface area contributed by atoms with Gasteiger partial charge in [0.15, 0.2) is 5.75 Å². The van der Waals surface area contributed by atoms with Gasteiger partial charge in [-0.25, -0.2) is 0 Å². The molecule has 0 heterocycles. The Bertz CT molecular complexity index is 679. The molecule has 0 N–H and O–H groups in total. The Morgan fingerprint density at radius 3 is 2.24 bits per heavy atom. The van der Waals surface area contributed by atoms with E-state index in [1.54, 1.807) is 30.3 Å². The molecule has 0 radical (unpaired) electrons. The van der Waals surface area contributed by atoms with Gasteiger partial charge in [0.1, 0.15) is 6.61 Å². The number of nitrogens with zero attached hydrogens (tertiary/aromatic N) is 1. The molecule has 0 aromatic heterocycles. The third-order valence-corrected chi connectivity index (χ3v) is 3.48. The summed E-state index contributed by atoms with van der Waals surface area (Å²) >= 11 is 18.1. The maximum Gasteiger partial charge on any atom is 0.157 e. The standard InChI is InChI=1S/C16H10Cl3NO/c17-13-5-3-11(4-6-13)10-21-16-14(18)8-12(2-1-7-20)9-15(16)19/h1-6,8-9H,10H2/b2-1+. The smallest absolute Gasteiger partial charge is 0.157 e. The van der Waals surface area contributed by atoms with E-state index in [0.29, 0.717) is 27.4 Å². The SMILES string of the molecule is N#C/C=C/c1cc(Cl)c(OCc2ccc(Cl)cc2)c(Cl)c1. The van der Waals surface area contributed by atoms with E-state index in [1.165, 1.54) is 6.08 Å². The predicted molar refractivity (Wildman–Crippen MR) is 86.9 cm³/mol. The summed E-state index contributed by atoms with van der Waals surface area (Å²) in [7, 11) is 0. The summed E-state index contributed by atoms with van der Waals surface area (Å²) in [4.78, 5) is 0. The van der Waals surface area contributed by atoms with Gasteiger partial charge in [-0.3, -0.25) is 0 Å². The highest BCUT2D eigenvalue weighted by Crippen LogP contribution is 2.35. The van der Waals surface area contributed by atoms with E-state index in [-0.39, 0.29) is 0 Å². The van der Waals surface area contributed by atoms with Crippen molar-refractivity contribution in [2.45, 2.75) is 6.61 Å². The summed E-state index contributed by atoms with van der Waals surface area (Å²) < 4.78 is 5.66. The van der Waals surface area contributed by atoms with E-state index in [9.17, 15) is 0 Å². The van der Waals surface area contributed by atoms with Gasteiger partial charge >= 0.3 is 0 Å². The Balaban J connectivity index is 2.15. The van der Waals surface area contributed by atoms with Crippen molar-refractivity contribution in [3.8, 4) is 11.8 Å². The predicted octanol–water partition coefficient (Wildman–Crippen LogP) is 5.76.